The van der Waals surface area contributed by atoms with Gasteiger partial charge in [0.2, 0.25) is 5.91 Å². The molecule has 118 valence electrons. The number of carbonyl (C=O) groups is 2. The Balaban J connectivity index is 1.83. The van der Waals surface area contributed by atoms with Gasteiger partial charge in [0.25, 0.3) is 5.91 Å². The van der Waals surface area contributed by atoms with Gasteiger partial charge >= 0.3 is 0 Å². The van der Waals surface area contributed by atoms with Gasteiger partial charge in [0, 0.05) is 24.3 Å². The van der Waals surface area contributed by atoms with Crippen molar-refractivity contribution in [2.24, 2.45) is 0 Å². The summed E-state index contributed by atoms with van der Waals surface area (Å²) in [7, 11) is 0. The number of nitrogens with zero attached hydrogens (tertiary/aromatic N) is 2. The van der Waals surface area contributed by atoms with Gasteiger partial charge in [-0.3, -0.25) is 14.6 Å². The molecule has 2 amide bonds. The topological polar surface area (TPSA) is 74.3 Å². The lowest BCUT2D eigenvalue weighted by Gasteiger charge is -2.30. The first-order valence-electron chi connectivity index (χ1n) is 7.17. The predicted molar refractivity (Wildman–Crippen MR) is 88.9 cm³/mol. The minimum absolute atomic E-state index is 0.0334. The highest BCUT2D eigenvalue weighted by Gasteiger charge is 2.20. The number of para-hydroxylation sites is 2. The summed E-state index contributed by atoms with van der Waals surface area (Å²) in [6.45, 7) is 1.54. The number of carbonyl (C=O) groups excluding carboxylic acids is 2. The summed E-state index contributed by atoms with van der Waals surface area (Å²) in [5, 5.41) is 6.06. The van der Waals surface area contributed by atoms with Crippen molar-refractivity contribution in [2.45, 2.75) is 0 Å². The summed E-state index contributed by atoms with van der Waals surface area (Å²) in [4.78, 5) is 29.9. The molecule has 0 unspecified atom stereocenters. The van der Waals surface area contributed by atoms with Crippen molar-refractivity contribution in [3.8, 4) is 0 Å². The second kappa shape index (κ2) is 6.66. The lowest BCUT2D eigenvalue weighted by atomic mass is 10.2. The fourth-order valence-electron chi connectivity index (χ4n) is 2.41. The summed E-state index contributed by atoms with van der Waals surface area (Å²) in [6, 6.07) is 10.5. The number of hydrogen-bond acceptors (Lipinski definition) is 4. The number of rotatable bonds is 3. The molecule has 6 nitrogen and oxygen atoms in total. The van der Waals surface area contributed by atoms with E-state index in [4.69, 9.17) is 11.6 Å². The highest BCUT2D eigenvalue weighted by Crippen LogP contribution is 2.26. The van der Waals surface area contributed by atoms with Crippen LogP contribution in [0.1, 0.15) is 10.5 Å². The Kier molecular flexibility index (Phi) is 4.43. The van der Waals surface area contributed by atoms with Crippen LogP contribution in [0.25, 0.3) is 0 Å². The Morgan fingerprint density at radius 2 is 2.13 bits per heavy atom. The molecule has 0 bridgehead atoms. The summed E-state index contributed by atoms with van der Waals surface area (Å²) in [5.41, 5.74) is 1.68. The van der Waals surface area contributed by atoms with Gasteiger partial charge in [-0.1, -0.05) is 23.7 Å². The molecule has 0 saturated carbocycles. The minimum atomic E-state index is -0.346. The van der Waals surface area contributed by atoms with Crippen LogP contribution in [0.2, 0.25) is 5.02 Å². The molecular weight excluding hydrogens is 316 g/mol. The van der Waals surface area contributed by atoms with Crippen molar-refractivity contribution < 1.29 is 9.59 Å². The van der Waals surface area contributed by atoms with Crippen LogP contribution in [0.3, 0.4) is 0 Å². The lowest BCUT2D eigenvalue weighted by Crippen LogP contribution is -2.47. The van der Waals surface area contributed by atoms with Gasteiger partial charge in [-0.15, -0.1) is 0 Å². The first-order valence-corrected chi connectivity index (χ1v) is 7.55. The highest BCUT2D eigenvalue weighted by atomic mass is 35.5. The second-order valence-corrected chi connectivity index (χ2v) is 5.54. The standard InChI is InChI=1S/C16H15ClN4O2/c17-11-5-6-18-13(9-11)16(23)20-12-3-1-2-4-14(12)21-8-7-19-15(22)10-21/h1-6,9H,7-8,10H2,(H,19,22)(H,20,23). The summed E-state index contributed by atoms with van der Waals surface area (Å²) in [6.07, 6.45) is 1.48. The molecule has 0 spiro atoms. The van der Waals surface area contributed by atoms with Crippen molar-refractivity contribution in [1.29, 1.82) is 0 Å². The van der Waals surface area contributed by atoms with Gasteiger partial charge in [0.05, 0.1) is 17.9 Å². The monoisotopic (exact) mass is 330 g/mol. The van der Waals surface area contributed by atoms with Crippen molar-refractivity contribution >= 4 is 34.8 Å². The number of amides is 2. The third kappa shape index (κ3) is 3.60. The van der Waals surface area contributed by atoms with Crippen molar-refractivity contribution in [3.05, 3.63) is 53.3 Å². The van der Waals surface area contributed by atoms with E-state index in [1.54, 1.807) is 12.1 Å². The second-order valence-electron chi connectivity index (χ2n) is 5.10. The predicted octanol–water partition coefficient (Wildman–Crippen LogP) is 1.92. The van der Waals surface area contributed by atoms with Crippen molar-refractivity contribution in [3.63, 3.8) is 0 Å². The van der Waals surface area contributed by atoms with E-state index in [1.165, 1.54) is 12.3 Å². The van der Waals surface area contributed by atoms with Gasteiger partial charge in [0.15, 0.2) is 0 Å². The van der Waals surface area contributed by atoms with E-state index < -0.39 is 0 Å². The molecule has 0 aliphatic carbocycles. The maximum absolute atomic E-state index is 12.3. The zero-order chi connectivity index (χ0) is 16.2. The van der Waals surface area contributed by atoms with Gasteiger partial charge < -0.3 is 15.5 Å². The SMILES string of the molecule is O=C1CN(c2ccccc2NC(=O)c2cc(Cl)ccn2)CCN1. The number of anilines is 2. The van der Waals surface area contributed by atoms with E-state index >= 15 is 0 Å². The molecule has 2 N–H and O–H groups in total. The maximum Gasteiger partial charge on any atom is 0.274 e. The van der Waals surface area contributed by atoms with Gasteiger partial charge in [-0.25, -0.2) is 0 Å². The van der Waals surface area contributed by atoms with Crippen LogP contribution < -0.4 is 15.5 Å². The number of pyridine rings is 1. The van der Waals surface area contributed by atoms with E-state index in [2.05, 4.69) is 15.6 Å². The maximum atomic E-state index is 12.3. The molecule has 7 heteroatoms. The zero-order valence-electron chi connectivity index (χ0n) is 12.3. The summed E-state index contributed by atoms with van der Waals surface area (Å²) >= 11 is 5.89. The molecule has 1 saturated heterocycles. The largest absolute Gasteiger partial charge is 0.359 e. The fraction of sp³-hybridized carbons (Fsp3) is 0.188. The zero-order valence-corrected chi connectivity index (χ0v) is 13.0. The smallest absolute Gasteiger partial charge is 0.274 e. The Labute approximate surface area is 138 Å². The minimum Gasteiger partial charge on any atom is -0.359 e. The van der Waals surface area contributed by atoms with E-state index in [1.807, 2.05) is 23.1 Å². The number of halogens is 1. The van der Waals surface area contributed by atoms with Crippen LogP contribution in [-0.4, -0.2) is 36.4 Å². The normalized spacial score (nSPS) is 14.3. The van der Waals surface area contributed by atoms with Gasteiger partial charge in [-0.2, -0.15) is 0 Å². The molecule has 1 aliphatic heterocycles. The molecule has 1 aromatic heterocycles. The molecule has 1 fully saturated rings. The average molecular weight is 331 g/mol. The summed E-state index contributed by atoms with van der Waals surface area (Å²) < 4.78 is 0. The first kappa shape index (κ1) is 15.3. The molecule has 0 atom stereocenters. The van der Waals surface area contributed by atoms with Crippen LogP contribution >= 0.6 is 11.6 Å². The van der Waals surface area contributed by atoms with Crippen LogP contribution in [0.4, 0.5) is 11.4 Å². The van der Waals surface area contributed by atoms with Crippen LogP contribution in [-0.2, 0) is 4.79 Å². The molecule has 23 heavy (non-hydrogen) atoms. The first-order chi connectivity index (χ1) is 11.1. The molecule has 2 aromatic rings. The highest BCUT2D eigenvalue weighted by molar-refractivity contribution is 6.31. The number of aromatic nitrogens is 1. The number of hydrogen-bond donors (Lipinski definition) is 2. The van der Waals surface area contributed by atoms with Crippen LogP contribution in [0, 0.1) is 0 Å². The van der Waals surface area contributed by atoms with E-state index in [0.29, 0.717) is 23.8 Å². The Bertz CT molecular complexity index is 750. The van der Waals surface area contributed by atoms with Crippen LogP contribution in [0.15, 0.2) is 42.6 Å². The molecular formula is C16H15ClN4O2. The quantitative estimate of drug-likeness (QED) is 0.901. The van der Waals surface area contributed by atoms with Crippen molar-refractivity contribution in [2.75, 3.05) is 29.9 Å². The van der Waals surface area contributed by atoms with Crippen molar-refractivity contribution in [1.82, 2.24) is 10.3 Å². The summed E-state index contributed by atoms with van der Waals surface area (Å²) in [5.74, 6) is -0.379. The third-order valence-electron chi connectivity index (χ3n) is 3.49. The lowest BCUT2D eigenvalue weighted by molar-refractivity contribution is -0.120. The van der Waals surface area contributed by atoms with E-state index in [0.717, 1.165) is 5.69 Å². The number of benzene rings is 1. The van der Waals surface area contributed by atoms with E-state index in [9.17, 15) is 9.59 Å². The average Bonchev–Trinajstić information content (AvgIpc) is 2.55. The van der Waals surface area contributed by atoms with Crippen LogP contribution in [0.5, 0.6) is 0 Å². The Hall–Kier alpha value is -2.60. The van der Waals surface area contributed by atoms with Gasteiger partial charge in [-0.05, 0) is 24.3 Å². The fourth-order valence-corrected chi connectivity index (χ4v) is 2.57. The van der Waals surface area contributed by atoms with E-state index in [-0.39, 0.29) is 24.1 Å². The molecule has 2 heterocycles. The van der Waals surface area contributed by atoms with Gasteiger partial charge in [0.1, 0.15) is 5.69 Å². The number of nitrogens with one attached hydrogen (secondary N) is 2. The third-order valence-corrected chi connectivity index (χ3v) is 3.72. The molecule has 1 aromatic carbocycles. The Morgan fingerprint density at radius 3 is 2.91 bits per heavy atom. The Morgan fingerprint density at radius 1 is 1.30 bits per heavy atom. The number of piperazine rings is 1. The molecule has 0 radical (unpaired) electrons. The molecule has 1 aliphatic rings. The molecule has 3 rings (SSSR count).